The summed E-state index contributed by atoms with van der Waals surface area (Å²) in [6.45, 7) is 12.2. The molecule has 3 aromatic rings. The molecule has 1 heterocycles. The van der Waals surface area contributed by atoms with Crippen LogP contribution in [-0.2, 0) is 32.0 Å². The van der Waals surface area contributed by atoms with Crippen LogP contribution >= 0.6 is 11.6 Å². The molecule has 3 amide bonds. The van der Waals surface area contributed by atoms with Crippen molar-refractivity contribution in [3.63, 3.8) is 0 Å². The highest BCUT2D eigenvalue weighted by Gasteiger charge is 2.64. The minimum atomic E-state index is -0.869. The smallest absolute Gasteiger partial charge is 0.251 e. The predicted octanol–water partition coefficient (Wildman–Crippen LogP) is 7.12. The highest BCUT2D eigenvalue weighted by atomic mass is 35.5. The van der Waals surface area contributed by atoms with Crippen LogP contribution < -0.4 is 15.4 Å². The number of hydrogen-bond acceptors (Lipinski definition) is 9. The molecular weight excluding hydrogens is 806 g/mol. The largest absolute Gasteiger partial charge is 0.489 e. The molecule has 0 radical (unpaired) electrons. The number of amides is 3. The van der Waals surface area contributed by atoms with E-state index in [-0.39, 0.29) is 66.6 Å². The fourth-order valence-corrected chi connectivity index (χ4v) is 9.35. The molecule has 1 saturated heterocycles. The zero-order chi connectivity index (χ0) is 45.2. The summed E-state index contributed by atoms with van der Waals surface area (Å²) in [6.07, 6.45) is 4.28. The minimum absolute atomic E-state index is 0.0279. The molecule has 0 aromatic heterocycles. The van der Waals surface area contributed by atoms with Crippen molar-refractivity contribution in [3.05, 3.63) is 99.6 Å². The van der Waals surface area contributed by atoms with Gasteiger partial charge in [-0.15, -0.1) is 0 Å². The molecule has 62 heavy (non-hydrogen) atoms. The lowest BCUT2D eigenvalue weighted by Gasteiger charge is -2.63. The van der Waals surface area contributed by atoms with Crippen LogP contribution in [0.4, 0.5) is 0 Å². The number of aliphatic hydroxyl groups excluding tert-OH is 1. The second-order valence-electron chi connectivity index (χ2n) is 18.2. The topological polar surface area (TPSA) is 182 Å². The molecule has 3 aromatic carbocycles. The first kappa shape index (κ1) is 47.8. The van der Waals surface area contributed by atoms with Crippen LogP contribution in [0.25, 0.3) is 0 Å². The van der Waals surface area contributed by atoms with E-state index in [1.807, 2.05) is 38.1 Å². The van der Waals surface area contributed by atoms with Crippen molar-refractivity contribution in [3.8, 4) is 17.9 Å². The van der Waals surface area contributed by atoms with Crippen LogP contribution in [0.5, 0.6) is 5.75 Å². The van der Waals surface area contributed by atoms with Crippen LogP contribution in [0.3, 0.4) is 0 Å². The van der Waals surface area contributed by atoms with Crippen molar-refractivity contribution in [1.82, 2.24) is 15.5 Å². The normalized spacial score (nSPS) is 20.3. The molecule has 3 N–H and O–H groups in total. The lowest BCUT2D eigenvalue weighted by molar-refractivity contribution is -0.164. The maximum atomic E-state index is 13.7. The van der Waals surface area contributed by atoms with E-state index in [1.54, 1.807) is 42.5 Å². The molecule has 0 unspecified atom stereocenters. The van der Waals surface area contributed by atoms with Gasteiger partial charge in [0.25, 0.3) is 5.91 Å². The molecule has 3 atom stereocenters. The standard InChI is InChI=1S/C49H60ClN5O7/c1-31(2)43(45(60)55-29-37(56)25-40(55)41(57)23-18-33-12-14-34(27-51)15-13-33)53-42(58)30-61-24-10-8-7-9-11-32-16-19-35(20-17-32)44(59)54-46-48(3,4)47(49(46,5)6)62-38-22-21-36(28-52)39(50)26-38/h12-17,19-22,26,31,37,40,43,46-47,56H,7-11,18,23-25,29-30H2,1-6H3,(H,53,58)(H,54,59)/t37-,40+,43+,46?,47?/m1/s1. The number of aryl methyl sites for hydroxylation is 2. The number of benzene rings is 3. The van der Waals surface area contributed by atoms with E-state index in [0.717, 1.165) is 43.2 Å². The molecular formula is C49H60ClN5O7. The number of Topliss-reactive ketones (excluding diaryl/α,β-unsaturated/α-hetero) is 1. The van der Waals surface area contributed by atoms with Crippen LogP contribution in [0.1, 0.15) is 113 Å². The van der Waals surface area contributed by atoms with Gasteiger partial charge >= 0.3 is 0 Å². The number of nitrogens with zero attached hydrogens (tertiary/aromatic N) is 3. The Balaban J connectivity index is 0.976. The van der Waals surface area contributed by atoms with Gasteiger partial charge in [-0.05, 0) is 79.1 Å². The number of carbonyl (C=O) groups excluding carboxylic acids is 4. The monoisotopic (exact) mass is 865 g/mol. The van der Waals surface area contributed by atoms with Crippen molar-refractivity contribution in [2.75, 3.05) is 19.8 Å². The third kappa shape index (κ3) is 11.8. The van der Waals surface area contributed by atoms with Gasteiger partial charge in [0.1, 0.15) is 30.6 Å². The number of aliphatic hydroxyl groups is 1. The first-order valence-corrected chi connectivity index (χ1v) is 22.0. The number of hydrogen-bond donors (Lipinski definition) is 3. The van der Waals surface area contributed by atoms with E-state index in [9.17, 15) is 29.5 Å². The van der Waals surface area contributed by atoms with Gasteiger partial charge in [-0.25, -0.2) is 0 Å². The van der Waals surface area contributed by atoms with Crippen molar-refractivity contribution in [2.45, 2.75) is 123 Å². The number of ether oxygens (including phenoxy) is 2. The van der Waals surface area contributed by atoms with Gasteiger partial charge in [0.05, 0.1) is 34.4 Å². The number of likely N-dealkylation sites (tertiary alicyclic amines) is 1. The Labute approximate surface area is 370 Å². The number of halogens is 1. The van der Waals surface area contributed by atoms with Crippen LogP contribution in [-0.4, -0.2) is 83.6 Å². The summed E-state index contributed by atoms with van der Waals surface area (Å²) in [5.41, 5.74) is 2.84. The highest BCUT2D eigenvalue weighted by molar-refractivity contribution is 6.31. The summed E-state index contributed by atoms with van der Waals surface area (Å²) in [7, 11) is 0. The zero-order valence-corrected chi connectivity index (χ0v) is 37.5. The lowest BCUT2D eigenvalue weighted by Crippen LogP contribution is -2.74. The van der Waals surface area contributed by atoms with Crippen molar-refractivity contribution in [1.29, 1.82) is 10.5 Å². The molecule has 1 aliphatic carbocycles. The van der Waals surface area contributed by atoms with E-state index in [0.29, 0.717) is 40.5 Å². The van der Waals surface area contributed by atoms with Gasteiger partial charge in [0, 0.05) is 54.5 Å². The Morgan fingerprint density at radius 1 is 0.887 bits per heavy atom. The molecule has 1 aliphatic heterocycles. The summed E-state index contributed by atoms with van der Waals surface area (Å²) < 4.78 is 12.0. The first-order chi connectivity index (χ1) is 29.5. The fourth-order valence-electron chi connectivity index (χ4n) is 9.13. The molecule has 2 aliphatic rings. The average Bonchev–Trinajstić information content (AvgIpc) is 3.65. The molecule has 0 spiro atoms. The Bertz CT molecular complexity index is 2120. The Morgan fingerprint density at radius 2 is 1.53 bits per heavy atom. The summed E-state index contributed by atoms with van der Waals surface area (Å²) in [5.74, 6) is -0.764. The fraction of sp³-hybridized carbons (Fsp3) is 0.510. The van der Waals surface area contributed by atoms with Crippen molar-refractivity contribution in [2.24, 2.45) is 16.7 Å². The van der Waals surface area contributed by atoms with Crippen LogP contribution in [0.2, 0.25) is 5.02 Å². The number of nitriles is 2. The van der Waals surface area contributed by atoms with Crippen LogP contribution in [0, 0.1) is 39.4 Å². The van der Waals surface area contributed by atoms with Gasteiger partial charge in [-0.1, -0.05) is 90.3 Å². The number of β-amino-alcohol motifs (C(OH)–C–C–N with tert-alkyl or cyclic N) is 1. The minimum Gasteiger partial charge on any atom is -0.489 e. The maximum Gasteiger partial charge on any atom is 0.251 e. The van der Waals surface area contributed by atoms with Crippen molar-refractivity contribution >= 4 is 35.1 Å². The number of unbranched alkanes of at least 4 members (excludes halogenated alkanes) is 3. The molecule has 5 rings (SSSR count). The SMILES string of the molecule is CC(C)[C@H](NC(=O)COCCCCCCc1ccc(C(=O)NC2C(C)(C)C(Oc3ccc(C#N)c(Cl)c3)C2(C)C)cc1)C(=O)N1C[C@H](O)C[C@H]1C(=O)CCc1ccc(C#N)cc1. The van der Waals surface area contributed by atoms with E-state index < -0.39 is 30.0 Å². The number of ketones is 1. The molecule has 0 bridgehead atoms. The van der Waals surface area contributed by atoms with Crippen molar-refractivity contribution < 1.29 is 33.8 Å². The molecule has 13 heteroatoms. The van der Waals surface area contributed by atoms with Gasteiger partial charge < -0.3 is 30.1 Å². The molecule has 1 saturated carbocycles. The Kier molecular flexibility index (Phi) is 16.3. The van der Waals surface area contributed by atoms with E-state index >= 15 is 0 Å². The molecule has 330 valence electrons. The van der Waals surface area contributed by atoms with Gasteiger partial charge in [0.2, 0.25) is 11.8 Å². The van der Waals surface area contributed by atoms with Crippen LogP contribution in [0.15, 0.2) is 66.7 Å². The first-order valence-electron chi connectivity index (χ1n) is 21.6. The predicted molar refractivity (Wildman–Crippen MR) is 236 cm³/mol. The van der Waals surface area contributed by atoms with E-state index in [2.05, 4.69) is 50.5 Å². The lowest BCUT2D eigenvalue weighted by atomic mass is 9.49. The zero-order valence-electron chi connectivity index (χ0n) is 36.7. The third-order valence-electron chi connectivity index (χ3n) is 12.3. The second-order valence-corrected chi connectivity index (χ2v) is 18.6. The van der Waals surface area contributed by atoms with E-state index in [4.69, 9.17) is 26.3 Å². The van der Waals surface area contributed by atoms with E-state index in [1.165, 1.54) is 4.90 Å². The maximum absolute atomic E-state index is 13.7. The summed E-state index contributed by atoms with van der Waals surface area (Å²) in [4.78, 5) is 54.5. The summed E-state index contributed by atoms with van der Waals surface area (Å²) >= 11 is 6.23. The van der Waals surface area contributed by atoms with Gasteiger partial charge in [-0.2, -0.15) is 10.5 Å². The highest BCUT2D eigenvalue weighted by Crippen LogP contribution is 2.55. The average molecular weight is 866 g/mol. The summed E-state index contributed by atoms with van der Waals surface area (Å²) in [6, 6.07) is 22.1. The van der Waals surface area contributed by atoms with Gasteiger partial charge in [-0.3, -0.25) is 19.2 Å². The quantitative estimate of drug-likeness (QED) is 0.0997. The Hall–Kier alpha value is -5.27. The summed E-state index contributed by atoms with van der Waals surface area (Å²) in [5, 5.41) is 35.0. The number of nitrogens with one attached hydrogen (secondary N) is 2. The number of rotatable bonds is 20. The number of carbonyl (C=O) groups is 4. The molecule has 2 fully saturated rings. The third-order valence-corrected chi connectivity index (χ3v) is 12.6. The Morgan fingerprint density at radius 3 is 2.16 bits per heavy atom. The molecule has 12 nitrogen and oxygen atoms in total. The second kappa shape index (κ2) is 21.2. The van der Waals surface area contributed by atoms with Gasteiger partial charge in [0.15, 0.2) is 5.78 Å².